The quantitative estimate of drug-likeness (QED) is 0.903. The Morgan fingerprint density at radius 3 is 2.80 bits per heavy atom. The van der Waals surface area contributed by atoms with Gasteiger partial charge < -0.3 is 15.6 Å². The van der Waals surface area contributed by atoms with Crippen molar-refractivity contribution in [3.05, 3.63) is 47.8 Å². The summed E-state index contributed by atoms with van der Waals surface area (Å²) in [6.07, 6.45) is 2.46. The molecule has 0 aliphatic carbocycles. The second kappa shape index (κ2) is 5.73. The summed E-state index contributed by atoms with van der Waals surface area (Å²) in [7, 11) is 0. The van der Waals surface area contributed by atoms with E-state index in [4.69, 9.17) is 5.73 Å². The third-order valence-electron chi connectivity index (χ3n) is 2.79. The van der Waals surface area contributed by atoms with Gasteiger partial charge in [0, 0.05) is 18.8 Å². The van der Waals surface area contributed by atoms with Crippen LogP contribution in [0.4, 0.5) is 20.2 Å². The molecule has 3 N–H and O–H groups in total. The molecule has 1 amide bonds. The SMILES string of the molecule is CCCn1cc(N)cc1C(=O)Nc1cc(F)ccc1F. The summed E-state index contributed by atoms with van der Waals surface area (Å²) >= 11 is 0. The second-order valence-corrected chi connectivity index (χ2v) is 4.43. The Bertz CT molecular complexity index is 637. The summed E-state index contributed by atoms with van der Waals surface area (Å²) in [6.45, 7) is 2.58. The summed E-state index contributed by atoms with van der Waals surface area (Å²) in [4.78, 5) is 12.1. The summed E-state index contributed by atoms with van der Waals surface area (Å²) in [6, 6.07) is 4.39. The fourth-order valence-electron chi connectivity index (χ4n) is 1.93. The number of rotatable bonds is 4. The van der Waals surface area contributed by atoms with Crippen molar-refractivity contribution in [2.45, 2.75) is 19.9 Å². The van der Waals surface area contributed by atoms with Gasteiger partial charge in [-0.2, -0.15) is 0 Å². The van der Waals surface area contributed by atoms with Gasteiger partial charge in [-0.1, -0.05) is 6.92 Å². The molecule has 0 saturated heterocycles. The molecule has 6 heteroatoms. The Morgan fingerprint density at radius 1 is 1.35 bits per heavy atom. The van der Waals surface area contributed by atoms with Crippen LogP contribution in [0.25, 0.3) is 0 Å². The highest BCUT2D eigenvalue weighted by Crippen LogP contribution is 2.18. The number of hydrogen-bond donors (Lipinski definition) is 2. The summed E-state index contributed by atoms with van der Waals surface area (Å²) in [5, 5.41) is 2.35. The van der Waals surface area contributed by atoms with Gasteiger partial charge in [0.1, 0.15) is 17.3 Å². The van der Waals surface area contributed by atoms with Crippen LogP contribution >= 0.6 is 0 Å². The van der Waals surface area contributed by atoms with E-state index >= 15 is 0 Å². The zero-order valence-corrected chi connectivity index (χ0v) is 11.0. The molecule has 1 aromatic carbocycles. The van der Waals surface area contributed by atoms with Crippen LogP contribution in [0.3, 0.4) is 0 Å². The number of nitrogen functional groups attached to an aromatic ring is 1. The van der Waals surface area contributed by atoms with E-state index in [1.54, 1.807) is 10.8 Å². The topological polar surface area (TPSA) is 60.0 Å². The number of nitrogens with zero attached hydrogens (tertiary/aromatic N) is 1. The number of amides is 1. The number of carbonyl (C=O) groups excluding carboxylic acids is 1. The molecule has 1 heterocycles. The van der Waals surface area contributed by atoms with Crippen molar-refractivity contribution in [1.29, 1.82) is 0 Å². The van der Waals surface area contributed by atoms with E-state index in [2.05, 4.69) is 5.32 Å². The van der Waals surface area contributed by atoms with Crippen molar-refractivity contribution in [2.24, 2.45) is 0 Å². The largest absolute Gasteiger partial charge is 0.397 e. The van der Waals surface area contributed by atoms with Crippen molar-refractivity contribution in [3.8, 4) is 0 Å². The highest BCUT2D eigenvalue weighted by Gasteiger charge is 2.15. The van der Waals surface area contributed by atoms with Gasteiger partial charge in [-0.25, -0.2) is 8.78 Å². The maximum atomic E-state index is 13.5. The van der Waals surface area contributed by atoms with Crippen molar-refractivity contribution in [3.63, 3.8) is 0 Å². The molecule has 0 aliphatic heterocycles. The van der Waals surface area contributed by atoms with E-state index in [1.807, 2.05) is 6.92 Å². The molecule has 0 atom stereocenters. The van der Waals surface area contributed by atoms with Gasteiger partial charge in [-0.15, -0.1) is 0 Å². The normalized spacial score (nSPS) is 10.6. The number of aryl methyl sites for hydroxylation is 1. The van der Waals surface area contributed by atoms with E-state index in [0.29, 0.717) is 17.9 Å². The van der Waals surface area contributed by atoms with E-state index in [0.717, 1.165) is 24.6 Å². The third kappa shape index (κ3) is 2.96. The molecular weight excluding hydrogens is 264 g/mol. The number of nitrogens with one attached hydrogen (secondary N) is 1. The first-order valence-electron chi connectivity index (χ1n) is 6.23. The monoisotopic (exact) mass is 279 g/mol. The standard InChI is InChI=1S/C14H15F2N3O/c1-2-5-19-8-10(17)7-13(19)14(20)18-12-6-9(15)3-4-11(12)16/h3-4,6-8H,2,5,17H2,1H3,(H,18,20). The smallest absolute Gasteiger partial charge is 0.272 e. The Morgan fingerprint density at radius 2 is 2.10 bits per heavy atom. The number of halogens is 2. The minimum Gasteiger partial charge on any atom is -0.397 e. The Labute approximate surface area is 115 Å². The number of benzene rings is 1. The van der Waals surface area contributed by atoms with E-state index in [-0.39, 0.29) is 5.69 Å². The summed E-state index contributed by atoms with van der Waals surface area (Å²) in [5.41, 5.74) is 6.22. The molecule has 0 fully saturated rings. The molecule has 2 aromatic rings. The molecular formula is C14H15F2N3O. The summed E-state index contributed by atoms with van der Waals surface area (Å²) < 4.78 is 28.2. The fraction of sp³-hybridized carbons (Fsp3) is 0.214. The molecule has 106 valence electrons. The van der Waals surface area contributed by atoms with Crippen molar-refractivity contribution < 1.29 is 13.6 Å². The number of nitrogens with two attached hydrogens (primary N) is 1. The molecule has 0 spiro atoms. The van der Waals surface area contributed by atoms with E-state index in [1.165, 1.54) is 6.07 Å². The molecule has 20 heavy (non-hydrogen) atoms. The zero-order valence-electron chi connectivity index (χ0n) is 11.0. The lowest BCUT2D eigenvalue weighted by Crippen LogP contribution is -2.17. The van der Waals surface area contributed by atoms with Crippen molar-refractivity contribution in [1.82, 2.24) is 4.57 Å². The lowest BCUT2D eigenvalue weighted by Gasteiger charge is -2.09. The number of anilines is 2. The van der Waals surface area contributed by atoms with Crippen molar-refractivity contribution in [2.75, 3.05) is 11.1 Å². The highest BCUT2D eigenvalue weighted by atomic mass is 19.1. The number of carbonyl (C=O) groups is 1. The lowest BCUT2D eigenvalue weighted by molar-refractivity contribution is 0.101. The lowest BCUT2D eigenvalue weighted by atomic mass is 10.2. The molecule has 0 bridgehead atoms. The summed E-state index contributed by atoms with van der Waals surface area (Å²) in [5.74, 6) is -1.84. The Kier molecular flexibility index (Phi) is 4.02. The van der Waals surface area contributed by atoms with Crippen LogP contribution < -0.4 is 11.1 Å². The number of aromatic nitrogens is 1. The van der Waals surface area contributed by atoms with Crippen LogP contribution in [0.15, 0.2) is 30.5 Å². The Balaban J connectivity index is 2.26. The van der Waals surface area contributed by atoms with Gasteiger partial charge in [-0.05, 0) is 24.6 Å². The fourth-order valence-corrected chi connectivity index (χ4v) is 1.93. The van der Waals surface area contributed by atoms with E-state index < -0.39 is 17.5 Å². The number of hydrogen-bond acceptors (Lipinski definition) is 2. The van der Waals surface area contributed by atoms with Gasteiger partial charge in [0.25, 0.3) is 5.91 Å². The first-order valence-corrected chi connectivity index (χ1v) is 6.23. The van der Waals surface area contributed by atoms with Gasteiger partial charge in [0.05, 0.1) is 11.4 Å². The molecule has 2 rings (SSSR count). The van der Waals surface area contributed by atoms with Crippen LogP contribution in [0.1, 0.15) is 23.8 Å². The Hall–Kier alpha value is -2.37. The molecule has 0 saturated carbocycles. The predicted octanol–water partition coefficient (Wildman–Crippen LogP) is 3.01. The van der Waals surface area contributed by atoms with Crippen LogP contribution in [0, 0.1) is 11.6 Å². The molecule has 1 aromatic heterocycles. The molecule has 0 aliphatic rings. The van der Waals surface area contributed by atoms with Crippen LogP contribution in [0.2, 0.25) is 0 Å². The van der Waals surface area contributed by atoms with Crippen LogP contribution in [-0.2, 0) is 6.54 Å². The molecule has 0 unspecified atom stereocenters. The van der Waals surface area contributed by atoms with Gasteiger partial charge >= 0.3 is 0 Å². The first kappa shape index (κ1) is 14.0. The second-order valence-electron chi connectivity index (χ2n) is 4.43. The maximum absolute atomic E-state index is 13.5. The van der Waals surface area contributed by atoms with Crippen LogP contribution in [0.5, 0.6) is 0 Å². The minimum atomic E-state index is -0.693. The third-order valence-corrected chi connectivity index (χ3v) is 2.79. The minimum absolute atomic E-state index is 0.196. The molecule has 4 nitrogen and oxygen atoms in total. The van der Waals surface area contributed by atoms with Crippen molar-refractivity contribution >= 4 is 17.3 Å². The maximum Gasteiger partial charge on any atom is 0.272 e. The highest BCUT2D eigenvalue weighted by molar-refractivity contribution is 6.03. The van der Waals surface area contributed by atoms with Gasteiger partial charge in [-0.3, -0.25) is 4.79 Å². The van der Waals surface area contributed by atoms with Gasteiger partial charge in [0.2, 0.25) is 0 Å². The average Bonchev–Trinajstić information content (AvgIpc) is 2.75. The van der Waals surface area contributed by atoms with E-state index in [9.17, 15) is 13.6 Å². The predicted molar refractivity (Wildman–Crippen MR) is 73.4 cm³/mol. The first-order chi connectivity index (χ1) is 9.51. The average molecular weight is 279 g/mol. The van der Waals surface area contributed by atoms with Crippen LogP contribution in [-0.4, -0.2) is 10.5 Å². The van der Waals surface area contributed by atoms with Gasteiger partial charge in [0.15, 0.2) is 0 Å². The zero-order chi connectivity index (χ0) is 14.7. The molecule has 0 radical (unpaired) electrons.